The Bertz CT molecular complexity index is 407. The van der Waals surface area contributed by atoms with Crippen LogP contribution in [0.2, 0.25) is 0 Å². The molecule has 0 aromatic heterocycles. The number of amides is 1. The minimum atomic E-state index is 0.179. The first kappa shape index (κ1) is 14.1. The molecule has 1 aromatic carbocycles. The number of hydrogen-bond acceptors (Lipinski definition) is 2. The first-order valence-corrected chi connectivity index (χ1v) is 7.36. The lowest BCUT2D eigenvalue weighted by molar-refractivity contribution is 0.0692. The molecule has 0 saturated carbocycles. The Kier molecular flexibility index (Phi) is 4.97. The first-order chi connectivity index (χ1) is 9.26. The highest BCUT2D eigenvalue weighted by Gasteiger charge is 2.26. The van der Waals surface area contributed by atoms with Crippen LogP contribution in [0.3, 0.4) is 0 Å². The molecule has 1 fully saturated rings. The van der Waals surface area contributed by atoms with Gasteiger partial charge in [0.05, 0.1) is 0 Å². The molecule has 1 aliphatic rings. The normalized spacial score (nSPS) is 18.5. The van der Waals surface area contributed by atoms with Crippen LogP contribution < -0.4 is 5.32 Å². The van der Waals surface area contributed by atoms with E-state index in [1.807, 2.05) is 17.0 Å². The van der Waals surface area contributed by atoms with Crippen molar-refractivity contribution in [2.75, 3.05) is 19.6 Å². The molecule has 1 atom stereocenters. The van der Waals surface area contributed by atoms with Gasteiger partial charge in [-0.1, -0.05) is 26.0 Å². The summed E-state index contributed by atoms with van der Waals surface area (Å²) in [6, 6.07) is 8.41. The van der Waals surface area contributed by atoms with Crippen molar-refractivity contribution in [3.8, 4) is 0 Å². The summed E-state index contributed by atoms with van der Waals surface area (Å²) in [5, 5.41) is 3.34. The van der Waals surface area contributed by atoms with Gasteiger partial charge < -0.3 is 10.2 Å². The van der Waals surface area contributed by atoms with Crippen LogP contribution in [0.5, 0.6) is 0 Å². The van der Waals surface area contributed by atoms with Gasteiger partial charge in [-0.15, -0.1) is 0 Å². The number of carbonyl (C=O) groups is 1. The summed E-state index contributed by atoms with van der Waals surface area (Å²) in [7, 11) is 0. The van der Waals surface area contributed by atoms with Gasteiger partial charge in [0.1, 0.15) is 0 Å². The zero-order chi connectivity index (χ0) is 13.7. The lowest BCUT2D eigenvalue weighted by Crippen LogP contribution is -2.42. The third kappa shape index (κ3) is 3.35. The topological polar surface area (TPSA) is 32.3 Å². The number of benzene rings is 1. The van der Waals surface area contributed by atoms with Crippen LogP contribution in [-0.4, -0.2) is 36.5 Å². The zero-order valence-corrected chi connectivity index (χ0v) is 12.0. The molecule has 19 heavy (non-hydrogen) atoms. The van der Waals surface area contributed by atoms with E-state index in [0.717, 1.165) is 44.5 Å². The van der Waals surface area contributed by atoms with E-state index in [1.54, 1.807) is 0 Å². The molecule has 0 unspecified atom stereocenters. The predicted octanol–water partition coefficient (Wildman–Crippen LogP) is 2.46. The minimum Gasteiger partial charge on any atom is -0.334 e. The number of rotatable bonds is 5. The molecule has 0 aliphatic carbocycles. The lowest BCUT2D eigenvalue weighted by atomic mass is 10.1. The predicted molar refractivity (Wildman–Crippen MR) is 78.4 cm³/mol. The van der Waals surface area contributed by atoms with Crippen molar-refractivity contribution in [1.82, 2.24) is 10.2 Å². The number of aryl methyl sites for hydroxylation is 1. The molecule has 0 spiro atoms. The molecule has 1 N–H and O–H groups in total. The van der Waals surface area contributed by atoms with Gasteiger partial charge >= 0.3 is 0 Å². The second kappa shape index (κ2) is 6.71. The smallest absolute Gasteiger partial charge is 0.254 e. The standard InChI is InChI=1S/C16H24N2O/c1-3-11-18(15-9-10-17-12-15)16(19)14-7-5-13(4-2)6-8-14/h5-8,15,17H,3-4,9-12H2,1-2H3/t15-/m1/s1. The third-order valence-electron chi connectivity index (χ3n) is 3.81. The Balaban J connectivity index is 2.12. The van der Waals surface area contributed by atoms with Crippen molar-refractivity contribution >= 4 is 5.91 Å². The second-order valence-electron chi connectivity index (χ2n) is 5.20. The van der Waals surface area contributed by atoms with Crippen LogP contribution in [0.15, 0.2) is 24.3 Å². The van der Waals surface area contributed by atoms with E-state index >= 15 is 0 Å². The van der Waals surface area contributed by atoms with E-state index in [4.69, 9.17) is 0 Å². The quantitative estimate of drug-likeness (QED) is 0.882. The van der Waals surface area contributed by atoms with Crippen LogP contribution in [0.25, 0.3) is 0 Å². The largest absolute Gasteiger partial charge is 0.334 e. The average molecular weight is 260 g/mol. The van der Waals surface area contributed by atoms with Gasteiger partial charge in [-0.3, -0.25) is 4.79 Å². The molecule has 3 heteroatoms. The molecule has 0 radical (unpaired) electrons. The van der Waals surface area contributed by atoms with Crippen LogP contribution in [0.4, 0.5) is 0 Å². The number of nitrogens with one attached hydrogen (secondary N) is 1. The Morgan fingerprint density at radius 3 is 2.58 bits per heavy atom. The molecule has 2 rings (SSSR count). The summed E-state index contributed by atoms with van der Waals surface area (Å²) in [4.78, 5) is 14.7. The van der Waals surface area contributed by atoms with Gasteiger partial charge in [-0.25, -0.2) is 0 Å². The van der Waals surface area contributed by atoms with Crippen LogP contribution in [0.1, 0.15) is 42.6 Å². The Morgan fingerprint density at radius 2 is 2.05 bits per heavy atom. The van der Waals surface area contributed by atoms with Crippen LogP contribution in [-0.2, 0) is 6.42 Å². The van der Waals surface area contributed by atoms with Gasteiger partial charge in [0.2, 0.25) is 0 Å². The maximum absolute atomic E-state index is 12.6. The van der Waals surface area contributed by atoms with Crippen LogP contribution in [0, 0.1) is 0 Å². The number of hydrogen-bond donors (Lipinski definition) is 1. The summed E-state index contributed by atoms with van der Waals surface area (Å²) < 4.78 is 0. The fourth-order valence-corrected chi connectivity index (χ4v) is 2.65. The minimum absolute atomic E-state index is 0.179. The Labute approximate surface area is 116 Å². The summed E-state index contributed by atoms with van der Waals surface area (Å²) in [6.07, 6.45) is 3.09. The Hall–Kier alpha value is -1.35. The van der Waals surface area contributed by atoms with E-state index in [9.17, 15) is 4.79 Å². The van der Waals surface area contributed by atoms with Gasteiger partial charge in [-0.05, 0) is 43.5 Å². The maximum Gasteiger partial charge on any atom is 0.254 e. The van der Waals surface area contributed by atoms with Crippen molar-refractivity contribution in [2.24, 2.45) is 0 Å². The van der Waals surface area contributed by atoms with E-state index in [1.165, 1.54) is 5.56 Å². The maximum atomic E-state index is 12.6. The molecular formula is C16H24N2O. The van der Waals surface area contributed by atoms with E-state index < -0.39 is 0 Å². The van der Waals surface area contributed by atoms with E-state index in [0.29, 0.717) is 6.04 Å². The number of nitrogens with zero attached hydrogens (tertiary/aromatic N) is 1. The molecule has 1 heterocycles. The summed E-state index contributed by atoms with van der Waals surface area (Å²) in [5.74, 6) is 0.179. The van der Waals surface area contributed by atoms with Gasteiger partial charge in [0.25, 0.3) is 5.91 Å². The summed E-state index contributed by atoms with van der Waals surface area (Å²) in [6.45, 7) is 7.06. The van der Waals surface area contributed by atoms with Gasteiger partial charge in [0, 0.05) is 24.7 Å². The zero-order valence-electron chi connectivity index (χ0n) is 12.0. The third-order valence-corrected chi connectivity index (χ3v) is 3.81. The highest BCUT2D eigenvalue weighted by Crippen LogP contribution is 2.15. The highest BCUT2D eigenvalue weighted by atomic mass is 16.2. The molecule has 104 valence electrons. The monoisotopic (exact) mass is 260 g/mol. The summed E-state index contributed by atoms with van der Waals surface area (Å²) >= 11 is 0. The fraction of sp³-hybridized carbons (Fsp3) is 0.562. The molecule has 1 amide bonds. The van der Waals surface area contributed by atoms with Crippen molar-refractivity contribution in [3.05, 3.63) is 35.4 Å². The first-order valence-electron chi connectivity index (χ1n) is 7.36. The lowest BCUT2D eigenvalue weighted by Gasteiger charge is -2.28. The van der Waals surface area contributed by atoms with Crippen LogP contribution >= 0.6 is 0 Å². The molecular weight excluding hydrogens is 236 g/mol. The fourth-order valence-electron chi connectivity index (χ4n) is 2.65. The average Bonchev–Trinajstić information content (AvgIpc) is 2.98. The highest BCUT2D eigenvalue weighted by molar-refractivity contribution is 5.94. The number of carbonyl (C=O) groups excluding carboxylic acids is 1. The molecule has 0 bridgehead atoms. The molecule has 1 aromatic rings. The second-order valence-corrected chi connectivity index (χ2v) is 5.20. The molecule has 3 nitrogen and oxygen atoms in total. The Morgan fingerprint density at radius 1 is 1.32 bits per heavy atom. The SMILES string of the molecule is CCCN(C(=O)c1ccc(CC)cc1)[C@@H]1CCNC1. The van der Waals surface area contributed by atoms with Gasteiger partial charge in [0.15, 0.2) is 0 Å². The van der Waals surface area contributed by atoms with Crippen molar-refractivity contribution in [3.63, 3.8) is 0 Å². The van der Waals surface area contributed by atoms with Crippen molar-refractivity contribution < 1.29 is 4.79 Å². The van der Waals surface area contributed by atoms with E-state index in [2.05, 4.69) is 31.3 Å². The molecule has 1 aliphatic heterocycles. The molecule has 1 saturated heterocycles. The van der Waals surface area contributed by atoms with Gasteiger partial charge in [-0.2, -0.15) is 0 Å². The van der Waals surface area contributed by atoms with Crippen molar-refractivity contribution in [2.45, 2.75) is 39.2 Å². The summed E-state index contributed by atoms with van der Waals surface area (Å²) in [5.41, 5.74) is 2.10. The van der Waals surface area contributed by atoms with E-state index in [-0.39, 0.29) is 5.91 Å². The van der Waals surface area contributed by atoms with Crippen molar-refractivity contribution in [1.29, 1.82) is 0 Å².